The molecule has 4 nitrogen and oxygen atoms in total. The molecule has 0 saturated heterocycles. The predicted molar refractivity (Wildman–Crippen MR) is 62.4 cm³/mol. The maximum atomic E-state index is 13.3. The summed E-state index contributed by atoms with van der Waals surface area (Å²) in [5, 5.41) is 11.4. The molecule has 1 aromatic heterocycles. The van der Waals surface area contributed by atoms with Crippen molar-refractivity contribution in [1.82, 2.24) is 0 Å². The highest BCUT2D eigenvalue weighted by atomic mass is 79.9. The third kappa shape index (κ3) is 2.47. The molecule has 0 aliphatic rings. The summed E-state index contributed by atoms with van der Waals surface area (Å²) < 4.78 is 18.5. The van der Waals surface area contributed by atoms with E-state index in [9.17, 15) is 9.18 Å². The van der Waals surface area contributed by atoms with Crippen LogP contribution < -0.4 is 5.32 Å². The summed E-state index contributed by atoms with van der Waals surface area (Å²) >= 11 is 3.05. The summed E-state index contributed by atoms with van der Waals surface area (Å²) in [4.78, 5) is 11.7. The van der Waals surface area contributed by atoms with E-state index in [1.54, 1.807) is 0 Å². The molecular formula is C11H7BrFNO3. The maximum Gasteiger partial charge on any atom is 0.260 e. The second kappa shape index (κ2) is 4.58. The number of phenolic OH excluding ortho intramolecular Hbond substituents is 1. The number of halogens is 2. The number of benzene rings is 1. The van der Waals surface area contributed by atoms with Gasteiger partial charge in [0.25, 0.3) is 5.91 Å². The average molecular weight is 300 g/mol. The first-order valence-electron chi connectivity index (χ1n) is 4.61. The number of anilines is 1. The Hall–Kier alpha value is -1.82. The average Bonchev–Trinajstić information content (AvgIpc) is 2.68. The number of carbonyl (C=O) groups excluding carboxylic acids is 1. The summed E-state index contributed by atoms with van der Waals surface area (Å²) in [5.74, 6) is -1.42. The third-order valence-electron chi connectivity index (χ3n) is 2.06. The monoisotopic (exact) mass is 299 g/mol. The summed E-state index contributed by atoms with van der Waals surface area (Å²) in [5.41, 5.74) is 0.248. The fraction of sp³-hybridized carbons (Fsp3) is 0. The molecule has 0 saturated carbocycles. The van der Waals surface area contributed by atoms with Crippen molar-refractivity contribution < 1.29 is 18.7 Å². The lowest BCUT2D eigenvalue weighted by Crippen LogP contribution is -2.12. The number of aromatic hydroxyl groups is 1. The van der Waals surface area contributed by atoms with Crippen molar-refractivity contribution in [3.8, 4) is 5.75 Å². The van der Waals surface area contributed by atoms with Crippen LogP contribution in [0.3, 0.4) is 0 Å². The third-order valence-corrected chi connectivity index (χ3v) is 2.68. The molecule has 1 heterocycles. The predicted octanol–water partition coefficient (Wildman–Crippen LogP) is 3.14. The van der Waals surface area contributed by atoms with Gasteiger partial charge in [-0.25, -0.2) is 4.39 Å². The second-order valence-electron chi connectivity index (χ2n) is 3.23. The van der Waals surface area contributed by atoms with E-state index in [0.29, 0.717) is 0 Å². The van der Waals surface area contributed by atoms with Crippen LogP contribution in [0.25, 0.3) is 0 Å². The Kier molecular flexibility index (Phi) is 3.14. The maximum absolute atomic E-state index is 13.3. The van der Waals surface area contributed by atoms with E-state index in [1.165, 1.54) is 24.5 Å². The van der Waals surface area contributed by atoms with Gasteiger partial charge in [-0.2, -0.15) is 0 Å². The molecule has 0 atom stereocenters. The molecule has 2 N–H and O–H groups in total. The van der Waals surface area contributed by atoms with Crippen molar-refractivity contribution in [3.63, 3.8) is 0 Å². The van der Waals surface area contributed by atoms with Crippen LogP contribution in [0.15, 0.2) is 39.6 Å². The first-order chi connectivity index (χ1) is 8.08. The van der Waals surface area contributed by atoms with E-state index >= 15 is 0 Å². The Bertz CT molecular complexity index is 568. The zero-order valence-corrected chi connectivity index (χ0v) is 9.99. The van der Waals surface area contributed by atoms with E-state index in [4.69, 9.17) is 9.52 Å². The van der Waals surface area contributed by atoms with Crippen molar-refractivity contribution in [2.45, 2.75) is 0 Å². The normalized spacial score (nSPS) is 10.2. The lowest BCUT2D eigenvalue weighted by atomic mass is 10.2. The zero-order valence-electron chi connectivity index (χ0n) is 8.41. The number of hydrogen-bond acceptors (Lipinski definition) is 3. The van der Waals surface area contributed by atoms with Gasteiger partial charge in [0.15, 0.2) is 4.67 Å². The minimum atomic E-state index is -0.710. The van der Waals surface area contributed by atoms with Crippen LogP contribution in [0.2, 0.25) is 0 Å². The van der Waals surface area contributed by atoms with Crippen LogP contribution in [0.5, 0.6) is 5.75 Å². The number of hydrogen-bond donors (Lipinski definition) is 2. The van der Waals surface area contributed by atoms with E-state index in [1.807, 2.05) is 0 Å². The highest BCUT2D eigenvalue weighted by molar-refractivity contribution is 9.10. The number of phenols is 1. The fourth-order valence-corrected chi connectivity index (χ4v) is 1.67. The molecule has 6 heteroatoms. The van der Waals surface area contributed by atoms with Crippen molar-refractivity contribution >= 4 is 27.5 Å². The van der Waals surface area contributed by atoms with Crippen LogP contribution in [-0.4, -0.2) is 11.0 Å². The molecule has 1 aromatic carbocycles. The summed E-state index contributed by atoms with van der Waals surface area (Å²) in [6.45, 7) is 0. The van der Waals surface area contributed by atoms with Gasteiger partial charge in [-0.1, -0.05) is 0 Å². The molecule has 17 heavy (non-hydrogen) atoms. The Morgan fingerprint density at radius 3 is 2.76 bits per heavy atom. The summed E-state index contributed by atoms with van der Waals surface area (Å²) in [6, 6.07) is 4.93. The standard InChI is InChI=1S/C11H7BrFNO3/c12-10-7(3-4-17-10)11(16)14-9-2-1-6(15)5-8(9)13/h1-5,15H,(H,14,16). The molecular weight excluding hydrogens is 293 g/mol. The molecule has 0 aliphatic heterocycles. The van der Waals surface area contributed by atoms with Crippen molar-refractivity contribution in [1.29, 1.82) is 0 Å². The molecule has 88 valence electrons. The summed E-state index contributed by atoms with van der Waals surface area (Å²) in [7, 11) is 0. The Morgan fingerprint density at radius 1 is 1.41 bits per heavy atom. The molecule has 0 radical (unpaired) electrons. The SMILES string of the molecule is O=C(Nc1ccc(O)cc1F)c1ccoc1Br. The van der Waals surface area contributed by atoms with Crippen LogP contribution in [0.1, 0.15) is 10.4 Å². The van der Waals surface area contributed by atoms with Gasteiger partial charge in [-0.15, -0.1) is 0 Å². The molecule has 0 spiro atoms. The van der Waals surface area contributed by atoms with Gasteiger partial charge in [0.05, 0.1) is 17.5 Å². The van der Waals surface area contributed by atoms with E-state index in [-0.39, 0.29) is 21.7 Å². The zero-order chi connectivity index (χ0) is 12.4. The van der Waals surface area contributed by atoms with Gasteiger partial charge in [0, 0.05) is 6.07 Å². The van der Waals surface area contributed by atoms with Gasteiger partial charge in [0.1, 0.15) is 11.6 Å². The van der Waals surface area contributed by atoms with Crippen molar-refractivity contribution in [2.24, 2.45) is 0 Å². The van der Waals surface area contributed by atoms with Crippen LogP contribution in [0.4, 0.5) is 10.1 Å². The topological polar surface area (TPSA) is 62.5 Å². The van der Waals surface area contributed by atoms with E-state index < -0.39 is 11.7 Å². The largest absolute Gasteiger partial charge is 0.508 e. The number of rotatable bonds is 2. The smallest absolute Gasteiger partial charge is 0.260 e. The van der Waals surface area contributed by atoms with Crippen molar-refractivity contribution in [3.05, 3.63) is 46.6 Å². The van der Waals surface area contributed by atoms with Gasteiger partial charge < -0.3 is 14.8 Å². The Balaban J connectivity index is 2.22. The molecule has 0 unspecified atom stereocenters. The quantitative estimate of drug-likeness (QED) is 0.838. The van der Waals surface area contributed by atoms with Crippen molar-refractivity contribution in [2.75, 3.05) is 5.32 Å². The first kappa shape index (κ1) is 11.7. The molecule has 2 aromatic rings. The summed E-state index contributed by atoms with van der Waals surface area (Å²) in [6.07, 6.45) is 1.34. The molecule has 0 bridgehead atoms. The number of amides is 1. The van der Waals surface area contributed by atoms with Gasteiger partial charge >= 0.3 is 0 Å². The van der Waals surface area contributed by atoms with E-state index in [0.717, 1.165) is 6.07 Å². The Morgan fingerprint density at radius 2 is 2.18 bits per heavy atom. The first-order valence-corrected chi connectivity index (χ1v) is 5.40. The van der Waals surface area contributed by atoms with Gasteiger partial charge in [-0.05, 0) is 34.1 Å². The second-order valence-corrected chi connectivity index (χ2v) is 3.95. The molecule has 2 rings (SSSR count). The number of nitrogens with one attached hydrogen (secondary N) is 1. The number of furan rings is 1. The van der Waals surface area contributed by atoms with Gasteiger partial charge in [0.2, 0.25) is 0 Å². The lowest BCUT2D eigenvalue weighted by molar-refractivity contribution is 0.102. The van der Waals surface area contributed by atoms with Gasteiger partial charge in [-0.3, -0.25) is 4.79 Å². The van der Waals surface area contributed by atoms with E-state index in [2.05, 4.69) is 21.2 Å². The minimum Gasteiger partial charge on any atom is -0.508 e. The number of carbonyl (C=O) groups is 1. The highest BCUT2D eigenvalue weighted by Crippen LogP contribution is 2.22. The highest BCUT2D eigenvalue weighted by Gasteiger charge is 2.14. The minimum absolute atomic E-state index is 0.0131. The molecule has 0 fully saturated rings. The fourth-order valence-electron chi connectivity index (χ4n) is 1.25. The molecule has 0 aliphatic carbocycles. The Labute approximate surface area is 104 Å². The lowest BCUT2D eigenvalue weighted by Gasteiger charge is -2.05. The van der Waals surface area contributed by atoms with Crippen LogP contribution >= 0.6 is 15.9 Å². The van der Waals surface area contributed by atoms with Crippen LogP contribution in [-0.2, 0) is 0 Å². The molecule has 1 amide bonds. The van der Waals surface area contributed by atoms with Crippen LogP contribution in [0, 0.1) is 5.82 Å².